The smallest absolute Gasteiger partial charge is 0.251 e. The van der Waals surface area contributed by atoms with Crippen molar-refractivity contribution in [1.82, 2.24) is 20.9 Å². The maximum Gasteiger partial charge on any atom is 0.251 e. The molecule has 3 N–H and O–H groups in total. The lowest BCUT2D eigenvalue weighted by Crippen LogP contribution is -2.38. The van der Waals surface area contributed by atoms with Crippen LogP contribution < -0.4 is 16.0 Å². The number of aliphatic imine (C=N–C) groups is 1. The van der Waals surface area contributed by atoms with Gasteiger partial charge in [0.15, 0.2) is 5.96 Å². The van der Waals surface area contributed by atoms with E-state index in [1.807, 2.05) is 18.2 Å². The van der Waals surface area contributed by atoms with Crippen LogP contribution in [0.25, 0.3) is 0 Å². The molecule has 1 amide bonds. The normalized spacial score (nSPS) is 15.0. The summed E-state index contributed by atoms with van der Waals surface area (Å²) in [4.78, 5) is 19.3. The van der Waals surface area contributed by atoms with E-state index in [0.717, 1.165) is 37.6 Å². The highest BCUT2D eigenvalue weighted by molar-refractivity contribution is 5.94. The third kappa shape index (κ3) is 8.21. The number of likely N-dealkylation sites (tertiary alicyclic amines) is 1. The molecule has 1 heterocycles. The zero-order chi connectivity index (χ0) is 23.3. The van der Waals surface area contributed by atoms with Gasteiger partial charge in [-0.1, -0.05) is 49.2 Å². The third-order valence-corrected chi connectivity index (χ3v) is 6.09. The van der Waals surface area contributed by atoms with Gasteiger partial charge in [0, 0.05) is 32.2 Å². The Morgan fingerprint density at radius 2 is 1.73 bits per heavy atom. The molecular weight excluding hydrogens is 410 g/mol. The summed E-state index contributed by atoms with van der Waals surface area (Å²) in [6, 6.07) is 16.5. The van der Waals surface area contributed by atoms with E-state index < -0.39 is 0 Å². The van der Waals surface area contributed by atoms with Crippen LogP contribution in [0.2, 0.25) is 0 Å². The first-order valence-corrected chi connectivity index (χ1v) is 12.3. The van der Waals surface area contributed by atoms with Gasteiger partial charge in [0.2, 0.25) is 0 Å². The highest BCUT2D eigenvalue weighted by atomic mass is 16.1. The first kappa shape index (κ1) is 24.8. The lowest BCUT2D eigenvalue weighted by Gasteiger charge is -2.21. The molecule has 6 nitrogen and oxygen atoms in total. The van der Waals surface area contributed by atoms with Crippen molar-refractivity contribution in [2.45, 2.75) is 52.1 Å². The molecule has 0 saturated carbocycles. The second-order valence-electron chi connectivity index (χ2n) is 8.61. The van der Waals surface area contributed by atoms with Crippen molar-refractivity contribution in [3.63, 3.8) is 0 Å². The molecule has 33 heavy (non-hydrogen) atoms. The Bertz CT molecular complexity index is 903. The van der Waals surface area contributed by atoms with Gasteiger partial charge < -0.3 is 16.0 Å². The number of guanidine groups is 1. The van der Waals surface area contributed by atoms with E-state index in [1.165, 1.54) is 49.9 Å². The van der Waals surface area contributed by atoms with Crippen molar-refractivity contribution in [2.24, 2.45) is 4.99 Å². The van der Waals surface area contributed by atoms with Gasteiger partial charge in [0.05, 0.1) is 6.54 Å². The van der Waals surface area contributed by atoms with Crippen molar-refractivity contribution in [2.75, 3.05) is 33.2 Å². The molecule has 2 aromatic rings. The molecule has 1 aliphatic rings. The SMILES string of the molecule is CCNC(=NCc1ccccc1CN1CCCCCC1)NCCc1cccc(C(=O)NC)c1. The van der Waals surface area contributed by atoms with Gasteiger partial charge in [-0.2, -0.15) is 0 Å². The summed E-state index contributed by atoms with van der Waals surface area (Å²) in [7, 11) is 1.65. The predicted octanol–water partition coefficient (Wildman–Crippen LogP) is 3.72. The number of nitrogens with one attached hydrogen (secondary N) is 3. The van der Waals surface area contributed by atoms with Gasteiger partial charge in [-0.05, 0) is 68.1 Å². The lowest BCUT2D eigenvalue weighted by molar-refractivity contribution is 0.0963. The molecule has 2 aromatic carbocycles. The monoisotopic (exact) mass is 449 g/mol. The van der Waals surface area contributed by atoms with Crippen LogP contribution in [0.4, 0.5) is 0 Å². The Morgan fingerprint density at radius 3 is 2.45 bits per heavy atom. The fourth-order valence-corrected chi connectivity index (χ4v) is 4.24. The molecule has 0 atom stereocenters. The van der Waals surface area contributed by atoms with Crippen LogP contribution >= 0.6 is 0 Å². The Morgan fingerprint density at radius 1 is 0.970 bits per heavy atom. The maximum atomic E-state index is 11.9. The quantitative estimate of drug-likeness (QED) is 0.403. The molecule has 0 unspecified atom stereocenters. The van der Waals surface area contributed by atoms with E-state index in [9.17, 15) is 4.79 Å². The highest BCUT2D eigenvalue weighted by Gasteiger charge is 2.11. The molecule has 0 spiro atoms. The molecule has 1 fully saturated rings. The maximum absolute atomic E-state index is 11.9. The second kappa shape index (κ2) is 13.6. The largest absolute Gasteiger partial charge is 0.357 e. The van der Waals surface area contributed by atoms with Crippen LogP contribution in [-0.2, 0) is 19.5 Å². The third-order valence-electron chi connectivity index (χ3n) is 6.09. The van der Waals surface area contributed by atoms with Crippen molar-refractivity contribution in [3.8, 4) is 0 Å². The second-order valence-corrected chi connectivity index (χ2v) is 8.61. The van der Waals surface area contributed by atoms with Crippen molar-refractivity contribution >= 4 is 11.9 Å². The van der Waals surface area contributed by atoms with Crippen molar-refractivity contribution in [1.29, 1.82) is 0 Å². The summed E-state index contributed by atoms with van der Waals surface area (Å²) >= 11 is 0. The standard InChI is InChI=1S/C27H39N5O/c1-3-29-27(30-16-15-22-11-10-14-23(19-22)26(33)28-2)31-20-24-12-6-7-13-25(24)21-32-17-8-4-5-9-18-32/h6-7,10-14,19H,3-5,8-9,15-18,20-21H2,1-2H3,(H,28,33)(H2,29,30,31). The van der Waals surface area contributed by atoms with Gasteiger partial charge >= 0.3 is 0 Å². The van der Waals surface area contributed by atoms with Crippen LogP contribution in [0.1, 0.15) is 59.7 Å². The van der Waals surface area contributed by atoms with Crippen LogP contribution in [0.3, 0.4) is 0 Å². The molecule has 0 aromatic heterocycles. The number of carbonyl (C=O) groups excluding carboxylic acids is 1. The average molecular weight is 450 g/mol. The van der Waals surface area contributed by atoms with Crippen LogP contribution in [-0.4, -0.2) is 50.0 Å². The Labute approximate surface area is 198 Å². The summed E-state index contributed by atoms with van der Waals surface area (Å²) in [6.45, 7) is 7.71. The molecule has 0 aliphatic carbocycles. The summed E-state index contributed by atoms with van der Waals surface area (Å²) < 4.78 is 0. The molecule has 0 radical (unpaired) electrons. The van der Waals surface area contributed by atoms with Gasteiger partial charge in [-0.3, -0.25) is 9.69 Å². The fourth-order valence-electron chi connectivity index (χ4n) is 4.24. The molecule has 3 rings (SSSR count). The summed E-state index contributed by atoms with van der Waals surface area (Å²) in [5, 5.41) is 9.47. The predicted molar refractivity (Wildman–Crippen MR) is 137 cm³/mol. The average Bonchev–Trinajstić information content (AvgIpc) is 3.11. The van der Waals surface area contributed by atoms with Gasteiger partial charge in [-0.15, -0.1) is 0 Å². The van der Waals surface area contributed by atoms with Crippen LogP contribution in [0, 0.1) is 0 Å². The van der Waals surface area contributed by atoms with E-state index in [2.05, 4.69) is 58.1 Å². The zero-order valence-electron chi connectivity index (χ0n) is 20.2. The number of benzene rings is 2. The number of hydrogen-bond acceptors (Lipinski definition) is 3. The molecule has 1 aliphatic heterocycles. The topological polar surface area (TPSA) is 68.8 Å². The van der Waals surface area contributed by atoms with Crippen LogP contribution in [0.15, 0.2) is 53.5 Å². The first-order valence-electron chi connectivity index (χ1n) is 12.3. The Balaban J connectivity index is 1.58. The highest BCUT2D eigenvalue weighted by Crippen LogP contribution is 2.17. The van der Waals surface area contributed by atoms with Crippen LogP contribution in [0.5, 0.6) is 0 Å². The lowest BCUT2D eigenvalue weighted by atomic mass is 10.1. The van der Waals surface area contributed by atoms with E-state index in [1.54, 1.807) is 7.05 Å². The number of carbonyl (C=O) groups is 1. The first-order chi connectivity index (χ1) is 16.2. The van der Waals surface area contributed by atoms with Crippen molar-refractivity contribution < 1.29 is 4.79 Å². The Kier molecular flexibility index (Phi) is 10.2. The summed E-state index contributed by atoms with van der Waals surface area (Å²) in [5.74, 6) is 0.767. The molecule has 0 bridgehead atoms. The fraction of sp³-hybridized carbons (Fsp3) is 0.481. The minimum atomic E-state index is -0.0569. The van der Waals surface area contributed by atoms with Crippen molar-refractivity contribution in [3.05, 3.63) is 70.8 Å². The number of amides is 1. The molecule has 6 heteroatoms. The summed E-state index contributed by atoms with van der Waals surface area (Å²) in [6.07, 6.45) is 6.15. The minimum absolute atomic E-state index is 0.0569. The number of rotatable bonds is 9. The number of nitrogens with zero attached hydrogens (tertiary/aromatic N) is 2. The van der Waals surface area contributed by atoms with Gasteiger partial charge in [-0.25, -0.2) is 4.99 Å². The molecular formula is C27H39N5O. The summed E-state index contributed by atoms with van der Waals surface area (Å²) in [5.41, 5.74) is 4.49. The van der Waals surface area contributed by atoms with E-state index in [-0.39, 0.29) is 5.91 Å². The van der Waals surface area contributed by atoms with E-state index in [4.69, 9.17) is 4.99 Å². The Hall–Kier alpha value is -2.86. The minimum Gasteiger partial charge on any atom is -0.357 e. The number of hydrogen-bond donors (Lipinski definition) is 3. The zero-order valence-corrected chi connectivity index (χ0v) is 20.2. The van der Waals surface area contributed by atoms with E-state index >= 15 is 0 Å². The molecule has 1 saturated heterocycles. The van der Waals surface area contributed by atoms with Gasteiger partial charge in [0.1, 0.15) is 0 Å². The van der Waals surface area contributed by atoms with Gasteiger partial charge in [0.25, 0.3) is 5.91 Å². The van der Waals surface area contributed by atoms with E-state index in [0.29, 0.717) is 12.1 Å². The molecule has 178 valence electrons.